The molecular weight excluding hydrogens is 556 g/mol. The molecule has 38 heavy (non-hydrogen) atoms. The predicted octanol–water partition coefficient (Wildman–Crippen LogP) is 4.34. The third-order valence-corrected chi connectivity index (χ3v) is 7.61. The largest absolute Gasteiger partial charge is 0.730 e. The summed E-state index contributed by atoms with van der Waals surface area (Å²) in [6.45, 7) is 1.70. The molecule has 0 spiro atoms. The predicted molar refractivity (Wildman–Crippen MR) is 138 cm³/mol. The second-order valence-electron chi connectivity index (χ2n) is 8.20. The van der Waals surface area contributed by atoms with Gasteiger partial charge < -0.3 is 18.3 Å². The van der Waals surface area contributed by atoms with Gasteiger partial charge in [-0.3, -0.25) is 0 Å². The van der Waals surface area contributed by atoms with Crippen molar-refractivity contribution in [1.82, 2.24) is 0 Å². The number of nitrogens with zero attached hydrogens (tertiary/aromatic N) is 2. The highest BCUT2D eigenvalue weighted by Crippen LogP contribution is 2.42. The van der Waals surface area contributed by atoms with Crippen molar-refractivity contribution < 1.29 is 39.1 Å². The molecule has 0 fully saturated rings. The molecule has 3 aromatic carbocycles. The van der Waals surface area contributed by atoms with Crippen LogP contribution in [0, 0.1) is 0 Å². The van der Waals surface area contributed by atoms with Gasteiger partial charge in [-0.25, -0.2) is 12.7 Å². The highest BCUT2D eigenvalue weighted by molar-refractivity contribution is 7.87. The Morgan fingerprint density at radius 1 is 1.00 bits per heavy atom. The molecule has 1 aromatic heterocycles. The topological polar surface area (TPSA) is 144 Å². The molecular formula is C25H18ClN2O8S2-. The van der Waals surface area contributed by atoms with E-state index < -0.39 is 20.6 Å². The van der Waals surface area contributed by atoms with Crippen LogP contribution in [0.4, 0.5) is 5.69 Å². The number of ether oxygens (including phenoxy) is 1. The fourth-order valence-corrected chi connectivity index (χ4v) is 5.61. The van der Waals surface area contributed by atoms with Gasteiger partial charge in [0.05, 0.1) is 6.08 Å². The quantitative estimate of drug-likeness (QED) is 0.245. The van der Waals surface area contributed by atoms with Crippen LogP contribution >= 0.6 is 11.6 Å². The number of hydrogen-bond donors (Lipinski definition) is 0. The first-order valence-electron chi connectivity index (χ1n) is 11.1. The SMILES string of the molecule is CCC(/C=C1\Oc2ccc(Cl)cc2N1S(=O)(=O)[O-])=C\c1oc2ccc(-c3ccccc3)cc2[n+]1S(=O)(=O)[O-]. The van der Waals surface area contributed by atoms with Crippen LogP contribution in [0.3, 0.4) is 0 Å². The first-order valence-corrected chi connectivity index (χ1v) is 14.2. The minimum absolute atomic E-state index is 0.0265. The fourth-order valence-electron chi connectivity index (χ4n) is 4.05. The third kappa shape index (κ3) is 4.91. The molecule has 1 aliphatic heterocycles. The average molecular weight is 574 g/mol. The fraction of sp³-hybridized carbons (Fsp3) is 0.0800. The Bertz CT molecular complexity index is 1850. The van der Waals surface area contributed by atoms with Crippen molar-refractivity contribution in [3.05, 3.63) is 95.2 Å². The van der Waals surface area contributed by atoms with Crippen molar-refractivity contribution >= 4 is 55.1 Å². The van der Waals surface area contributed by atoms with Gasteiger partial charge in [-0.1, -0.05) is 54.9 Å². The van der Waals surface area contributed by atoms with Crippen LogP contribution < -0.4 is 13.0 Å². The molecule has 0 aliphatic carbocycles. The summed E-state index contributed by atoms with van der Waals surface area (Å²) in [5.41, 5.74) is 1.87. The van der Waals surface area contributed by atoms with Crippen LogP contribution in [-0.4, -0.2) is 25.9 Å². The maximum Gasteiger partial charge on any atom is 0.391 e. The molecule has 0 atom stereocenters. The molecule has 0 N–H and O–H groups in total. The minimum Gasteiger partial charge on any atom is -0.730 e. The van der Waals surface area contributed by atoms with Crippen LogP contribution in [0.1, 0.15) is 19.2 Å². The summed E-state index contributed by atoms with van der Waals surface area (Å²) in [7, 11) is -10.1. The Morgan fingerprint density at radius 3 is 2.39 bits per heavy atom. The van der Waals surface area contributed by atoms with Crippen LogP contribution in [0.15, 0.2) is 88.7 Å². The van der Waals surface area contributed by atoms with Gasteiger partial charge in [-0.05, 0) is 51.4 Å². The normalized spacial score (nSPS) is 15.2. The summed E-state index contributed by atoms with van der Waals surface area (Å²) in [6.07, 6.45) is 2.73. The maximum atomic E-state index is 12.3. The molecule has 2 heterocycles. The summed E-state index contributed by atoms with van der Waals surface area (Å²) in [5, 5.41) is 0.187. The van der Waals surface area contributed by atoms with E-state index in [2.05, 4.69) is 0 Å². The summed E-state index contributed by atoms with van der Waals surface area (Å²) >= 11 is 5.96. The van der Waals surface area contributed by atoms with Gasteiger partial charge in [-0.15, -0.1) is 0 Å². The zero-order valence-electron chi connectivity index (χ0n) is 19.6. The molecule has 0 amide bonds. The Morgan fingerprint density at radius 2 is 1.74 bits per heavy atom. The number of hydrogen-bond acceptors (Lipinski definition) is 8. The van der Waals surface area contributed by atoms with E-state index in [1.807, 2.05) is 30.3 Å². The van der Waals surface area contributed by atoms with E-state index in [1.165, 1.54) is 36.4 Å². The summed E-state index contributed by atoms with van der Waals surface area (Å²) in [6, 6.07) is 18.1. The Labute approximate surface area is 223 Å². The molecule has 0 unspecified atom stereocenters. The van der Waals surface area contributed by atoms with Crippen LogP contribution in [0.25, 0.3) is 28.3 Å². The van der Waals surface area contributed by atoms with Crippen molar-refractivity contribution in [3.63, 3.8) is 0 Å². The summed E-state index contributed by atoms with van der Waals surface area (Å²) in [4.78, 5) is 0. The van der Waals surface area contributed by atoms with E-state index in [1.54, 1.807) is 19.1 Å². The second-order valence-corrected chi connectivity index (χ2v) is 11.1. The van der Waals surface area contributed by atoms with Gasteiger partial charge in [-0.2, -0.15) is 8.42 Å². The molecule has 4 aromatic rings. The lowest BCUT2D eigenvalue weighted by Gasteiger charge is -2.21. The standard InChI is InChI=1S/C25H19ClN2O8S2/c1-2-16(13-25-28(38(32,33)34)21-15-19(26)9-11-23(21)36-25)12-24-27(37(29,30)31)20-14-18(8-10-22(20)35-24)17-6-4-3-5-7-17/h3-15H,2H2,1H3,(H-,29,30,31,32,33,34)/p-1. The van der Waals surface area contributed by atoms with Crippen LogP contribution in [0.2, 0.25) is 5.02 Å². The zero-order chi connectivity index (χ0) is 27.2. The lowest BCUT2D eigenvalue weighted by Crippen LogP contribution is -2.43. The molecule has 0 saturated heterocycles. The molecule has 10 nitrogen and oxygen atoms in total. The molecule has 5 rings (SSSR count). The van der Waals surface area contributed by atoms with E-state index in [-0.39, 0.29) is 45.8 Å². The lowest BCUT2D eigenvalue weighted by atomic mass is 10.1. The van der Waals surface area contributed by atoms with E-state index in [9.17, 15) is 25.9 Å². The number of oxazole rings is 1. The minimum atomic E-state index is -5.07. The van der Waals surface area contributed by atoms with Gasteiger partial charge in [0, 0.05) is 17.2 Å². The number of aromatic nitrogens is 1. The van der Waals surface area contributed by atoms with Crippen LogP contribution in [0.5, 0.6) is 5.75 Å². The molecule has 0 radical (unpaired) electrons. The molecule has 13 heteroatoms. The van der Waals surface area contributed by atoms with Crippen molar-refractivity contribution in [2.24, 2.45) is 0 Å². The summed E-state index contributed by atoms with van der Waals surface area (Å²) < 4.78 is 85.3. The molecule has 1 aliphatic rings. The monoisotopic (exact) mass is 573 g/mol. The smallest absolute Gasteiger partial charge is 0.391 e. The zero-order valence-corrected chi connectivity index (χ0v) is 22.0. The number of anilines is 1. The number of fused-ring (bicyclic) bond motifs is 2. The molecule has 0 bridgehead atoms. The Balaban J connectivity index is 1.65. The van der Waals surface area contributed by atoms with Gasteiger partial charge in [0.1, 0.15) is 5.69 Å². The molecule has 0 saturated carbocycles. The number of halogens is 1. The Kier molecular flexibility index (Phi) is 6.53. The van der Waals surface area contributed by atoms with E-state index in [0.717, 1.165) is 5.56 Å². The van der Waals surface area contributed by atoms with Crippen molar-refractivity contribution in [1.29, 1.82) is 0 Å². The third-order valence-electron chi connectivity index (χ3n) is 5.73. The van der Waals surface area contributed by atoms with Gasteiger partial charge in [0.25, 0.3) is 5.52 Å². The lowest BCUT2D eigenvalue weighted by molar-refractivity contribution is -0.499. The highest BCUT2D eigenvalue weighted by atomic mass is 35.5. The number of benzene rings is 3. The molecule has 196 valence electrons. The number of rotatable bonds is 6. The summed E-state index contributed by atoms with van der Waals surface area (Å²) in [5.74, 6) is -0.571. The van der Waals surface area contributed by atoms with E-state index in [0.29, 0.717) is 19.4 Å². The van der Waals surface area contributed by atoms with E-state index in [4.69, 9.17) is 20.8 Å². The maximum absolute atomic E-state index is 12.3. The van der Waals surface area contributed by atoms with Crippen molar-refractivity contribution in [3.8, 4) is 16.9 Å². The Hall–Kier alpha value is -3.68. The number of allylic oxidation sites excluding steroid dienone is 2. The first kappa shape index (κ1) is 25.9. The van der Waals surface area contributed by atoms with E-state index >= 15 is 0 Å². The highest BCUT2D eigenvalue weighted by Gasteiger charge is 2.32. The van der Waals surface area contributed by atoms with Crippen molar-refractivity contribution in [2.45, 2.75) is 13.3 Å². The van der Waals surface area contributed by atoms with Gasteiger partial charge in [0.15, 0.2) is 16.1 Å². The van der Waals surface area contributed by atoms with Gasteiger partial charge in [0.2, 0.25) is 11.5 Å². The van der Waals surface area contributed by atoms with Gasteiger partial charge >= 0.3 is 16.2 Å². The first-order chi connectivity index (χ1) is 18.0. The van der Waals surface area contributed by atoms with Crippen molar-refractivity contribution in [2.75, 3.05) is 4.31 Å². The average Bonchev–Trinajstić information content (AvgIpc) is 3.40. The second kappa shape index (κ2) is 9.57. The van der Waals surface area contributed by atoms with Crippen LogP contribution in [-0.2, 0) is 20.6 Å².